The van der Waals surface area contributed by atoms with Crippen LogP contribution in [0, 0.1) is 0 Å². The molecular formula is C21H23N3O5S. The number of ether oxygens (including phenoxy) is 1. The van der Waals surface area contributed by atoms with Crippen LogP contribution in [0.4, 0.5) is 5.69 Å². The zero-order chi connectivity index (χ0) is 21.5. The molecule has 30 heavy (non-hydrogen) atoms. The molecule has 2 heterocycles. The second kappa shape index (κ2) is 10.0. The largest absolute Gasteiger partial charge is 0.454 e. The Balaban J connectivity index is 1.53. The van der Waals surface area contributed by atoms with Crippen molar-refractivity contribution < 1.29 is 23.9 Å². The summed E-state index contributed by atoms with van der Waals surface area (Å²) in [7, 11) is 0. The molecule has 3 amide bonds. The molecule has 2 N–H and O–H groups in total. The summed E-state index contributed by atoms with van der Waals surface area (Å²) in [5.41, 5.74) is 0.843. The molecule has 2 aromatic rings. The number of hydrogen-bond donors (Lipinski definition) is 2. The van der Waals surface area contributed by atoms with Gasteiger partial charge in [-0.05, 0) is 49.4 Å². The van der Waals surface area contributed by atoms with Crippen molar-refractivity contribution in [2.24, 2.45) is 0 Å². The predicted molar refractivity (Wildman–Crippen MR) is 112 cm³/mol. The molecule has 1 aromatic heterocycles. The highest BCUT2D eigenvalue weighted by Crippen LogP contribution is 2.23. The first-order valence-corrected chi connectivity index (χ1v) is 10.6. The number of rotatable bonds is 7. The number of anilines is 1. The highest BCUT2D eigenvalue weighted by molar-refractivity contribution is 7.12. The van der Waals surface area contributed by atoms with Gasteiger partial charge >= 0.3 is 5.97 Å². The molecule has 0 bridgehead atoms. The van der Waals surface area contributed by atoms with E-state index in [-0.39, 0.29) is 11.8 Å². The van der Waals surface area contributed by atoms with Crippen LogP contribution in [0.5, 0.6) is 0 Å². The molecule has 0 spiro atoms. The van der Waals surface area contributed by atoms with Crippen LogP contribution in [-0.2, 0) is 14.3 Å². The van der Waals surface area contributed by atoms with E-state index in [0.29, 0.717) is 42.1 Å². The van der Waals surface area contributed by atoms with Gasteiger partial charge in [-0.25, -0.2) is 4.79 Å². The number of hydrogen-bond acceptors (Lipinski definition) is 6. The average Bonchev–Trinajstić information content (AvgIpc) is 3.44. The molecule has 0 aliphatic carbocycles. The Bertz CT molecular complexity index is 928. The Kier molecular flexibility index (Phi) is 7.18. The molecule has 1 aliphatic heterocycles. The first kappa shape index (κ1) is 21.5. The van der Waals surface area contributed by atoms with Crippen molar-refractivity contribution in [3.63, 3.8) is 0 Å². The maximum Gasteiger partial charge on any atom is 0.329 e. The number of nitrogens with one attached hydrogen (secondary N) is 2. The minimum absolute atomic E-state index is 0.198. The maximum atomic E-state index is 12.6. The predicted octanol–water partition coefficient (Wildman–Crippen LogP) is 2.28. The third-order valence-corrected chi connectivity index (χ3v) is 5.47. The summed E-state index contributed by atoms with van der Waals surface area (Å²) in [6.07, 6.45) is 1.21. The SMILES string of the molecule is CCNC(=O)c1cccc(NC(=O)COC(=O)[C@@H]2CCCN2C(=O)c2cccs2)c1. The minimum Gasteiger partial charge on any atom is -0.454 e. The number of likely N-dealkylation sites (tertiary alicyclic amines) is 1. The minimum atomic E-state index is -0.687. The lowest BCUT2D eigenvalue weighted by Gasteiger charge is -2.22. The van der Waals surface area contributed by atoms with E-state index in [0.717, 1.165) is 0 Å². The Morgan fingerprint density at radius 2 is 2.03 bits per heavy atom. The molecular weight excluding hydrogens is 406 g/mol. The summed E-state index contributed by atoms with van der Waals surface area (Å²) in [4.78, 5) is 51.1. The van der Waals surface area contributed by atoms with E-state index in [1.807, 2.05) is 12.3 Å². The standard InChI is InChI=1S/C21H23N3O5S/c1-2-22-19(26)14-6-3-7-15(12-14)23-18(25)13-29-21(28)16-8-4-10-24(16)20(27)17-9-5-11-30-17/h3,5-7,9,11-12,16H,2,4,8,10,13H2,1H3,(H,22,26)(H,23,25)/t16-/m0/s1. The van der Waals surface area contributed by atoms with Gasteiger partial charge < -0.3 is 20.3 Å². The lowest BCUT2D eigenvalue weighted by molar-refractivity contribution is -0.151. The van der Waals surface area contributed by atoms with Crippen molar-refractivity contribution in [1.82, 2.24) is 10.2 Å². The van der Waals surface area contributed by atoms with Crippen LogP contribution in [0.25, 0.3) is 0 Å². The zero-order valence-corrected chi connectivity index (χ0v) is 17.4. The average molecular weight is 429 g/mol. The van der Waals surface area contributed by atoms with Gasteiger partial charge in [0.1, 0.15) is 6.04 Å². The summed E-state index contributed by atoms with van der Waals surface area (Å²) in [6.45, 7) is 2.33. The first-order chi connectivity index (χ1) is 14.5. The smallest absolute Gasteiger partial charge is 0.329 e. The van der Waals surface area contributed by atoms with Gasteiger partial charge in [0.15, 0.2) is 6.61 Å². The normalized spacial score (nSPS) is 15.5. The molecule has 8 nitrogen and oxygen atoms in total. The van der Waals surface area contributed by atoms with E-state index in [1.54, 1.807) is 36.4 Å². The summed E-state index contributed by atoms with van der Waals surface area (Å²) >= 11 is 1.32. The van der Waals surface area contributed by atoms with Gasteiger partial charge in [-0.15, -0.1) is 11.3 Å². The molecule has 0 radical (unpaired) electrons. The Hall–Kier alpha value is -3.20. The summed E-state index contributed by atoms with van der Waals surface area (Å²) in [6, 6.07) is 9.29. The van der Waals surface area contributed by atoms with Crippen LogP contribution >= 0.6 is 11.3 Å². The van der Waals surface area contributed by atoms with Crippen molar-refractivity contribution in [2.75, 3.05) is 25.0 Å². The molecule has 158 valence electrons. The highest BCUT2D eigenvalue weighted by Gasteiger charge is 2.36. The summed E-state index contributed by atoms with van der Waals surface area (Å²) in [5, 5.41) is 7.10. The summed E-state index contributed by atoms with van der Waals surface area (Å²) < 4.78 is 5.15. The third-order valence-electron chi connectivity index (χ3n) is 4.61. The number of carbonyl (C=O) groups excluding carboxylic acids is 4. The molecule has 3 rings (SSSR count). The van der Waals surface area contributed by atoms with E-state index < -0.39 is 24.5 Å². The number of esters is 1. The molecule has 1 saturated heterocycles. The summed E-state index contributed by atoms with van der Waals surface area (Å²) in [5.74, 6) is -1.55. The van der Waals surface area contributed by atoms with Crippen LogP contribution in [0.3, 0.4) is 0 Å². The quantitative estimate of drug-likeness (QED) is 0.657. The molecule has 0 unspecified atom stereocenters. The van der Waals surface area contributed by atoms with Crippen LogP contribution < -0.4 is 10.6 Å². The van der Waals surface area contributed by atoms with E-state index in [4.69, 9.17) is 4.74 Å². The number of thiophene rings is 1. The third kappa shape index (κ3) is 5.24. The molecule has 1 aliphatic rings. The Morgan fingerprint density at radius 3 is 2.77 bits per heavy atom. The van der Waals surface area contributed by atoms with Crippen LogP contribution in [0.15, 0.2) is 41.8 Å². The van der Waals surface area contributed by atoms with E-state index in [9.17, 15) is 19.2 Å². The molecule has 1 atom stereocenters. The number of nitrogens with zero attached hydrogens (tertiary/aromatic N) is 1. The highest BCUT2D eigenvalue weighted by atomic mass is 32.1. The van der Waals surface area contributed by atoms with Crippen molar-refractivity contribution in [2.45, 2.75) is 25.8 Å². The van der Waals surface area contributed by atoms with E-state index in [1.165, 1.54) is 16.2 Å². The fourth-order valence-corrected chi connectivity index (χ4v) is 3.91. The van der Waals surface area contributed by atoms with Crippen molar-refractivity contribution >= 4 is 40.7 Å². The molecule has 0 saturated carbocycles. The second-order valence-electron chi connectivity index (χ2n) is 6.73. The Morgan fingerprint density at radius 1 is 1.20 bits per heavy atom. The van der Waals surface area contributed by atoms with Gasteiger partial charge in [0.25, 0.3) is 17.7 Å². The number of benzene rings is 1. The van der Waals surface area contributed by atoms with Gasteiger partial charge in [-0.2, -0.15) is 0 Å². The Labute approximate surface area is 178 Å². The lowest BCUT2D eigenvalue weighted by Crippen LogP contribution is -2.41. The number of amides is 3. The van der Waals surface area contributed by atoms with Crippen molar-refractivity contribution in [3.8, 4) is 0 Å². The maximum absolute atomic E-state index is 12.6. The molecule has 9 heteroatoms. The number of carbonyl (C=O) groups is 4. The fourth-order valence-electron chi connectivity index (χ4n) is 3.23. The zero-order valence-electron chi connectivity index (χ0n) is 16.6. The second-order valence-corrected chi connectivity index (χ2v) is 7.68. The van der Waals surface area contributed by atoms with Crippen molar-refractivity contribution in [3.05, 3.63) is 52.2 Å². The van der Waals surface area contributed by atoms with Crippen LogP contribution in [-0.4, -0.2) is 54.3 Å². The van der Waals surface area contributed by atoms with Gasteiger partial charge in [-0.3, -0.25) is 14.4 Å². The van der Waals surface area contributed by atoms with Gasteiger partial charge in [0.05, 0.1) is 4.88 Å². The van der Waals surface area contributed by atoms with Gasteiger partial charge in [-0.1, -0.05) is 12.1 Å². The van der Waals surface area contributed by atoms with Gasteiger partial charge in [0.2, 0.25) is 0 Å². The van der Waals surface area contributed by atoms with Gasteiger partial charge in [0, 0.05) is 24.3 Å². The monoisotopic (exact) mass is 429 g/mol. The van der Waals surface area contributed by atoms with Crippen LogP contribution in [0.2, 0.25) is 0 Å². The fraction of sp³-hybridized carbons (Fsp3) is 0.333. The molecule has 1 fully saturated rings. The first-order valence-electron chi connectivity index (χ1n) is 9.69. The lowest BCUT2D eigenvalue weighted by atomic mass is 10.2. The molecule has 1 aromatic carbocycles. The van der Waals surface area contributed by atoms with Crippen LogP contribution in [0.1, 0.15) is 39.8 Å². The topological polar surface area (TPSA) is 105 Å². The van der Waals surface area contributed by atoms with Crippen molar-refractivity contribution in [1.29, 1.82) is 0 Å². The van der Waals surface area contributed by atoms with E-state index in [2.05, 4.69) is 10.6 Å². The van der Waals surface area contributed by atoms with E-state index >= 15 is 0 Å².